The molecule has 30 heavy (non-hydrogen) atoms. The van der Waals surface area contributed by atoms with Gasteiger partial charge in [0.25, 0.3) is 0 Å². The lowest BCUT2D eigenvalue weighted by Gasteiger charge is -2.61. The minimum atomic E-state index is -0.784. The van der Waals surface area contributed by atoms with Crippen LogP contribution in [-0.2, 0) is 4.79 Å². The van der Waals surface area contributed by atoms with Crippen molar-refractivity contribution in [3.63, 3.8) is 0 Å². The van der Waals surface area contributed by atoms with Crippen LogP contribution in [0.3, 0.4) is 0 Å². The van der Waals surface area contributed by atoms with Crippen LogP contribution in [0.2, 0.25) is 0 Å². The summed E-state index contributed by atoms with van der Waals surface area (Å²) in [6.07, 6.45) is 15.4. The van der Waals surface area contributed by atoms with Crippen LogP contribution in [-0.4, -0.2) is 22.3 Å². The van der Waals surface area contributed by atoms with E-state index in [0.29, 0.717) is 22.3 Å². The van der Waals surface area contributed by atoms with E-state index in [1.165, 1.54) is 44.9 Å². The number of hydrogen-bond acceptors (Lipinski definition) is 2. The van der Waals surface area contributed by atoms with E-state index in [0.717, 1.165) is 55.3 Å². The molecule has 0 aromatic rings. The second-order valence-electron chi connectivity index (χ2n) is 12.1. The number of aliphatic hydroxyl groups is 1. The molecule has 0 amide bonds. The molecule has 0 aliphatic heterocycles. The molecular weight excluding hydrogens is 372 g/mol. The molecule has 4 rings (SSSR count). The zero-order chi connectivity index (χ0) is 21.7. The summed E-state index contributed by atoms with van der Waals surface area (Å²) in [6.45, 7) is 9.33. The van der Waals surface area contributed by atoms with E-state index in [4.69, 9.17) is 5.11 Å². The predicted molar refractivity (Wildman–Crippen MR) is 121 cm³/mol. The fourth-order valence-electron chi connectivity index (χ4n) is 9.06. The molecule has 0 bridgehead atoms. The van der Waals surface area contributed by atoms with Crippen molar-refractivity contribution in [1.29, 1.82) is 0 Å². The lowest BCUT2D eigenvalue weighted by Crippen LogP contribution is -2.54. The van der Waals surface area contributed by atoms with Gasteiger partial charge in [-0.2, -0.15) is 0 Å². The number of rotatable bonds is 5. The zero-order valence-corrected chi connectivity index (χ0v) is 19.7. The molecule has 4 aliphatic rings. The van der Waals surface area contributed by atoms with Gasteiger partial charge < -0.3 is 10.2 Å². The van der Waals surface area contributed by atoms with E-state index < -0.39 is 5.97 Å². The second kappa shape index (κ2) is 8.26. The standard InChI is InChI=1S/C27H44O3/c1-17(6-5-7-18(2)25(29)30)22-10-11-23-21-9-8-19-16-20(28)12-14-26(19,3)24(21)13-15-27(22,23)4/h7,17,19-24,28H,5-6,8-16H2,1-4H3,(H,29,30)/b18-7+/t17-,19-,20-,21+,22-,23+,24+,26+,27-/m1/s1. The number of carbonyl (C=O) groups is 1. The van der Waals surface area contributed by atoms with Gasteiger partial charge in [-0.3, -0.25) is 0 Å². The molecule has 3 heteroatoms. The first-order valence-electron chi connectivity index (χ1n) is 12.7. The van der Waals surface area contributed by atoms with E-state index >= 15 is 0 Å². The highest BCUT2D eigenvalue weighted by atomic mass is 16.4. The molecule has 4 fully saturated rings. The first kappa shape index (κ1) is 22.4. The smallest absolute Gasteiger partial charge is 0.330 e. The van der Waals surface area contributed by atoms with Crippen LogP contribution in [0.1, 0.15) is 98.3 Å². The van der Waals surface area contributed by atoms with Gasteiger partial charge in [0.05, 0.1) is 6.10 Å². The Labute approximate surface area is 183 Å². The van der Waals surface area contributed by atoms with Gasteiger partial charge in [0, 0.05) is 5.57 Å². The molecule has 0 radical (unpaired) electrons. The molecule has 4 aliphatic carbocycles. The van der Waals surface area contributed by atoms with E-state index in [-0.39, 0.29) is 6.10 Å². The van der Waals surface area contributed by atoms with E-state index in [1.54, 1.807) is 6.92 Å². The molecule has 0 aromatic carbocycles. The monoisotopic (exact) mass is 416 g/mol. The summed E-state index contributed by atoms with van der Waals surface area (Å²) in [5.41, 5.74) is 1.43. The van der Waals surface area contributed by atoms with Crippen LogP contribution in [0.5, 0.6) is 0 Å². The molecule has 0 unspecified atom stereocenters. The van der Waals surface area contributed by atoms with Gasteiger partial charge >= 0.3 is 5.97 Å². The number of hydrogen-bond donors (Lipinski definition) is 2. The van der Waals surface area contributed by atoms with Gasteiger partial charge in [0.1, 0.15) is 0 Å². The number of aliphatic hydroxyl groups excluding tert-OH is 1. The summed E-state index contributed by atoms with van der Waals surface area (Å²) < 4.78 is 0. The topological polar surface area (TPSA) is 57.5 Å². The van der Waals surface area contributed by atoms with Crippen LogP contribution < -0.4 is 0 Å². The molecule has 0 heterocycles. The normalized spacial score (nSPS) is 47.2. The number of allylic oxidation sites excluding steroid dienone is 1. The van der Waals surface area contributed by atoms with Crippen molar-refractivity contribution in [2.24, 2.45) is 46.3 Å². The molecule has 170 valence electrons. The third kappa shape index (κ3) is 3.67. The lowest BCUT2D eigenvalue weighted by atomic mass is 9.44. The Bertz CT molecular complexity index is 684. The lowest BCUT2D eigenvalue weighted by molar-refractivity contribution is -0.132. The fourth-order valence-corrected chi connectivity index (χ4v) is 9.06. The van der Waals surface area contributed by atoms with Crippen LogP contribution in [0, 0.1) is 46.3 Å². The maximum Gasteiger partial charge on any atom is 0.330 e. The average Bonchev–Trinajstić information content (AvgIpc) is 3.05. The number of fused-ring (bicyclic) bond motifs is 5. The molecule has 0 saturated heterocycles. The SMILES string of the molecule is C/C(=C\CC[C@@H](C)[C@H]1CC[C@H]2[C@@H]3CC[C@@H]4C[C@H](O)CC[C@]4(C)[C@H]3CC[C@]12C)C(=O)O. The Hall–Kier alpha value is -0.830. The van der Waals surface area contributed by atoms with Gasteiger partial charge in [-0.1, -0.05) is 26.8 Å². The second-order valence-corrected chi connectivity index (χ2v) is 12.1. The first-order chi connectivity index (χ1) is 14.2. The Morgan fingerprint density at radius 1 is 1.03 bits per heavy atom. The number of carboxylic acids is 1. The minimum Gasteiger partial charge on any atom is -0.478 e. The Morgan fingerprint density at radius 3 is 2.47 bits per heavy atom. The van der Waals surface area contributed by atoms with Crippen LogP contribution >= 0.6 is 0 Å². The fraction of sp³-hybridized carbons (Fsp3) is 0.889. The van der Waals surface area contributed by atoms with Crippen molar-refractivity contribution in [2.75, 3.05) is 0 Å². The molecule has 9 atom stereocenters. The van der Waals surface area contributed by atoms with Crippen LogP contribution in [0.4, 0.5) is 0 Å². The van der Waals surface area contributed by atoms with Gasteiger partial charge in [0.2, 0.25) is 0 Å². The maximum absolute atomic E-state index is 11.1. The van der Waals surface area contributed by atoms with Crippen molar-refractivity contribution in [2.45, 2.75) is 104 Å². The third-order valence-corrected chi connectivity index (χ3v) is 10.8. The molecule has 0 aromatic heterocycles. The summed E-state index contributed by atoms with van der Waals surface area (Å²) in [6, 6.07) is 0. The van der Waals surface area contributed by atoms with Crippen LogP contribution in [0.25, 0.3) is 0 Å². The highest BCUT2D eigenvalue weighted by Gasteiger charge is 2.60. The number of aliphatic carboxylic acids is 1. The Kier molecular flexibility index (Phi) is 6.16. The van der Waals surface area contributed by atoms with Gasteiger partial charge in [-0.15, -0.1) is 0 Å². The quantitative estimate of drug-likeness (QED) is 0.506. The van der Waals surface area contributed by atoms with Crippen molar-refractivity contribution >= 4 is 5.97 Å². The summed E-state index contributed by atoms with van der Waals surface area (Å²) >= 11 is 0. The molecule has 0 spiro atoms. The van der Waals surface area contributed by atoms with Gasteiger partial charge in [-0.25, -0.2) is 4.79 Å². The van der Waals surface area contributed by atoms with Crippen LogP contribution in [0.15, 0.2) is 11.6 Å². The third-order valence-electron chi connectivity index (χ3n) is 10.8. The molecule has 3 nitrogen and oxygen atoms in total. The summed E-state index contributed by atoms with van der Waals surface area (Å²) in [5.74, 6) is 4.07. The number of carboxylic acid groups (broad SMARTS) is 1. The summed E-state index contributed by atoms with van der Waals surface area (Å²) in [5, 5.41) is 19.3. The van der Waals surface area contributed by atoms with E-state index in [9.17, 15) is 9.90 Å². The van der Waals surface area contributed by atoms with Gasteiger partial charge in [0.15, 0.2) is 0 Å². The van der Waals surface area contributed by atoms with E-state index in [2.05, 4.69) is 20.8 Å². The molecule has 4 saturated carbocycles. The minimum absolute atomic E-state index is 0.0518. The van der Waals surface area contributed by atoms with Crippen molar-refractivity contribution in [3.05, 3.63) is 11.6 Å². The summed E-state index contributed by atoms with van der Waals surface area (Å²) in [7, 11) is 0. The zero-order valence-electron chi connectivity index (χ0n) is 19.7. The predicted octanol–water partition coefficient (Wildman–Crippen LogP) is 6.45. The van der Waals surface area contributed by atoms with E-state index in [1.807, 2.05) is 6.08 Å². The molecular formula is C27H44O3. The van der Waals surface area contributed by atoms with Crippen molar-refractivity contribution in [1.82, 2.24) is 0 Å². The Balaban J connectivity index is 1.45. The molecule has 2 N–H and O–H groups in total. The summed E-state index contributed by atoms with van der Waals surface area (Å²) in [4.78, 5) is 11.1. The van der Waals surface area contributed by atoms with Crippen molar-refractivity contribution in [3.8, 4) is 0 Å². The first-order valence-corrected chi connectivity index (χ1v) is 12.7. The van der Waals surface area contributed by atoms with Gasteiger partial charge in [-0.05, 0) is 124 Å². The van der Waals surface area contributed by atoms with Crippen molar-refractivity contribution < 1.29 is 15.0 Å². The largest absolute Gasteiger partial charge is 0.478 e. The Morgan fingerprint density at radius 2 is 1.73 bits per heavy atom. The highest BCUT2D eigenvalue weighted by Crippen LogP contribution is 2.68. The highest BCUT2D eigenvalue weighted by molar-refractivity contribution is 5.85. The average molecular weight is 417 g/mol. The maximum atomic E-state index is 11.1.